The van der Waals surface area contributed by atoms with Gasteiger partial charge in [0.2, 0.25) is 0 Å². The Kier molecular flexibility index (Phi) is 7.08. The van der Waals surface area contributed by atoms with Crippen molar-refractivity contribution in [2.45, 2.75) is 13.8 Å². The fourth-order valence-corrected chi connectivity index (χ4v) is 5.50. The Morgan fingerprint density at radius 1 is 1.18 bits per heavy atom. The standard InChI is InChI=1S/C24H23N3O4S2/c1-3-31-18-7-5-17(6-8-18)27-23(29)21(14-19-9-4-16(2)32-19)33-24(27)20(15-25)22(28)26-10-12-30-13-11-26/h4-9,14H,3,10-13H2,1-2H3/b21-14+,24-20-. The monoisotopic (exact) mass is 481 g/mol. The largest absolute Gasteiger partial charge is 0.494 e. The van der Waals surface area contributed by atoms with Crippen LogP contribution in [0.25, 0.3) is 17.3 Å². The number of carbonyl (C=O) groups excluding carboxylic acids is 1. The van der Waals surface area contributed by atoms with Crippen LogP contribution < -0.4 is 19.5 Å². The van der Waals surface area contributed by atoms with Crippen LogP contribution in [0.15, 0.2) is 41.2 Å². The molecular weight excluding hydrogens is 458 g/mol. The number of nitriles is 1. The summed E-state index contributed by atoms with van der Waals surface area (Å²) in [6.45, 7) is 6.11. The lowest BCUT2D eigenvalue weighted by atomic mass is 10.2. The maximum atomic E-state index is 13.5. The number of thiazole rings is 1. The normalized spacial score (nSPS) is 15.3. The summed E-state index contributed by atoms with van der Waals surface area (Å²) in [6, 6.07) is 13.1. The van der Waals surface area contributed by atoms with Crippen molar-refractivity contribution in [2.75, 3.05) is 32.9 Å². The molecule has 33 heavy (non-hydrogen) atoms. The lowest BCUT2D eigenvalue weighted by Crippen LogP contribution is -2.42. The number of carbonyl (C=O) groups is 1. The Balaban J connectivity index is 1.94. The predicted molar refractivity (Wildman–Crippen MR) is 129 cm³/mol. The van der Waals surface area contributed by atoms with Gasteiger partial charge in [-0.2, -0.15) is 5.26 Å². The quantitative estimate of drug-likeness (QED) is 0.557. The summed E-state index contributed by atoms with van der Waals surface area (Å²) in [5, 5.41) is 9.96. The van der Waals surface area contributed by atoms with Crippen molar-refractivity contribution >= 4 is 40.2 Å². The number of rotatable bonds is 5. The molecule has 3 heterocycles. The lowest BCUT2D eigenvalue weighted by molar-refractivity contribution is -0.128. The van der Waals surface area contributed by atoms with Crippen LogP contribution in [0.5, 0.6) is 5.75 Å². The summed E-state index contributed by atoms with van der Waals surface area (Å²) in [4.78, 5) is 30.4. The van der Waals surface area contributed by atoms with Crippen LogP contribution >= 0.6 is 22.7 Å². The number of aryl methyl sites for hydroxylation is 1. The van der Waals surface area contributed by atoms with E-state index in [2.05, 4.69) is 6.07 Å². The number of amides is 1. The maximum Gasteiger partial charge on any atom is 0.273 e. The Hall–Kier alpha value is -3.19. The molecule has 0 spiro atoms. The minimum absolute atomic E-state index is 0.0464. The molecule has 1 amide bonds. The van der Waals surface area contributed by atoms with Crippen LogP contribution in [0.4, 0.5) is 0 Å². The molecule has 1 saturated heterocycles. The zero-order chi connectivity index (χ0) is 23.4. The van der Waals surface area contributed by atoms with Gasteiger partial charge in [0.1, 0.15) is 16.5 Å². The fraction of sp³-hybridized carbons (Fsp3) is 0.292. The van der Waals surface area contributed by atoms with E-state index in [1.807, 2.05) is 32.1 Å². The van der Waals surface area contributed by atoms with Crippen LogP contribution in [0.1, 0.15) is 16.7 Å². The molecule has 0 atom stereocenters. The molecule has 0 unspecified atom stereocenters. The Morgan fingerprint density at radius 2 is 1.91 bits per heavy atom. The van der Waals surface area contributed by atoms with Crippen LogP contribution in [0.2, 0.25) is 0 Å². The average Bonchev–Trinajstić information content (AvgIpc) is 3.38. The molecule has 4 rings (SSSR count). The molecule has 0 aliphatic carbocycles. The lowest BCUT2D eigenvalue weighted by Gasteiger charge is -2.26. The van der Waals surface area contributed by atoms with Crippen molar-refractivity contribution in [3.8, 4) is 17.5 Å². The van der Waals surface area contributed by atoms with Gasteiger partial charge in [-0.15, -0.1) is 22.7 Å². The number of hydrogen-bond donors (Lipinski definition) is 0. The second-order valence-electron chi connectivity index (χ2n) is 7.32. The van der Waals surface area contributed by atoms with Gasteiger partial charge in [-0.3, -0.25) is 14.2 Å². The van der Waals surface area contributed by atoms with E-state index in [1.54, 1.807) is 40.5 Å². The van der Waals surface area contributed by atoms with Crippen molar-refractivity contribution < 1.29 is 14.3 Å². The molecule has 170 valence electrons. The van der Waals surface area contributed by atoms with Gasteiger partial charge in [-0.25, -0.2) is 0 Å². The summed E-state index contributed by atoms with van der Waals surface area (Å²) in [5.74, 6) is 0.293. The number of benzene rings is 1. The molecule has 9 heteroatoms. The van der Waals surface area contributed by atoms with Crippen LogP contribution in [0, 0.1) is 18.3 Å². The molecule has 0 saturated carbocycles. The Morgan fingerprint density at radius 3 is 2.52 bits per heavy atom. The molecule has 1 fully saturated rings. The first-order chi connectivity index (χ1) is 16.0. The number of thiophene rings is 1. The molecule has 3 aromatic rings. The van der Waals surface area contributed by atoms with Gasteiger partial charge in [-0.05, 0) is 56.3 Å². The number of morpholine rings is 1. The van der Waals surface area contributed by atoms with E-state index < -0.39 is 0 Å². The zero-order valence-corrected chi connectivity index (χ0v) is 20.0. The summed E-state index contributed by atoms with van der Waals surface area (Å²) in [5.41, 5.74) is 0.252. The number of aromatic nitrogens is 1. The first-order valence-corrected chi connectivity index (χ1v) is 12.2. The molecule has 0 N–H and O–H groups in total. The van der Waals surface area contributed by atoms with Crippen molar-refractivity contribution in [3.05, 3.63) is 65.7 Å². The molecule has 1 aliphatic heterocycles. The topological polar surface area (TPSA) is 84.6 Å². The molecule has 7 nitrogen and oxygen atoms in total. The highest BCUT2D eigenvalue weighted by atomic mass is 32.1. The molecule has 0 bridgehead atoms. The summed E-state index contributed by atoms with van der Waals surface area (Å²) in [6.07, 6.45) is 1.81. The zero-order valence-electron chi connectivity index (χ0n) is 18.4. The molecule has 2 aromatic heterocycles. The summed E-state index contributed by atoms with van der Waals surface area (Å²) < 4.78 is 13.1. The van der Waals surface area contributed by atoms with Gasteiger partial charge >= 0.3 is 0 Å². The SMILES string of the molecule is CCOc1ccc(-n2c(=O)/c(=C\c3ccc(C)s3)s/c2=C(/C#N)C(=O)N2CCOCC2)cc1. The highest BCUT2D eigenvalue weighted by Crippen LogP contribution is 2.16. The summed E-state index contributed by atoms with van der Waals surface area (Å²) in [7, 11) is 0. The van der Waals surface area contributed by atoms with Gasteiger partial charge in [0, 0.05) is 22.8 Å². The Bertz CT molecular complexity index is 1370. The van der Waals surface area contributed by atoms with Gasteiger partial charge in [0.15, 0.2) is 5.57 Å². The van der Waals surface area contributed by atoms with Crippen LogP contribution in [-0.2, 0) is 9.53 Å². The number of ether oxygens (including phenoxy) is 2. The minimum atomic E-state index is -0.389. The van der Waals surface area contributed by atoms with E-state index in [0.717, 1.165) is 21.1 Å². The summed E-state index contributed by atoms with van der Waals surface area (Å²) >= 11 is 2.73. The van der Waals surface area contributed by atoms with Crippen LogP contribution in [0.3, 0.4) is 0 Å². The van der Waals surface area contributed by atoms with E-state index in [1.165, 1.54) is 4.57 Å². The second-order valence-corrected chi connectivity index (χ2v) is 9.67. The average molecular weight is 482 g/mol. The minimum Gasteiger partial charge on any atom is -0.494 e. The van der Waals surface area contributed by atoms with Gasteiger partial charge in [0.25, 0.3) is 11.5 Å². The van der Waals surface area contributed by atoms with Gasteiger partial charge in [0.05, 0.1) is 30.0 Å². The molecule has 1 aliphatic rings. The van der Waals surface area contributed by atoms with Crippen LogP contribution in [-0.4, -0.2) is 48.3 Å². The van der Waals surface area contributed by atoms with Crippen molar-refractivity contribution in [2.24, 2.45) is 0 Å². The third-order valence-corrected chi connectivity index (χ3v) is 7.14. The molecular formula is C24H23N3O4S2. The van der Waals surface area contributed by atoms with E-state index in [4.69, 9.17) is 9.47 Å². The first-order valence-electron chi connectivity index (χ1n) is 10.6. The fourth-order valence-electron chi connectivity index (χ4n) is 3.51. The van der Waals surface area contributed by atoms with E-state index >= 15 is 0 Å². The van der Waals surface area contributed by atoms with E-state index in [-0.39, 0.29) is 17.0 Å². The molecule has 0 radical (unpaired) electrons. The van der Waals surface area contributed by atoms with Gasteiger partial charge in [-0.1, -0.05) is 0 Å². The van der Waals surface area contributed by atoms with Gasteiger partial charge < -0.3 is 14.4 Å². The van der Waals surface area contributed by atoms with E-state index in [0.29, 0.717) is 53.5 Å². The third kappa shape index (κ3) is 4.93. The highest BCUT2D eigenvalue weighted by Gasteiger charge is 2.24. The maximum absolute atomic E-state index is 13.5. The molecule has 1 aromatic carbocycles. The van der Waals surface area contributed by atoms with Crippen molar-refractivity contribution in [1.82, 2.24) is 9.47 Å². The predicted octanol–water partition coefficient (Wildman–Crippen LogP) is 2.03. The number of hydrogen-bond acceptors (Lipinski definition) is 7. The smallest absolute Gasteiger partial charge is 0.273 e. The highest BCUT2D eigenvalue weighted by molar-refractivity contribution is 7.13. The third-order valence-electron chi connectivity index (χ3n) is 5.10. The number of nitrogens with zero attached hydrogens (tertiary/aromatic N) is 3. The second kappa shape index (κ2) is 10.2. The van der Waals surface area contributed by atoms with E-state index in [9.17, 15) is 14.9 Å². The van der Waals surface area contributed by atoms with Crippen molar-refractivity contribution in [1.29, 1.82) is 5.26 Å². The first kappa shape index (κ1) is 23.0. The Labute approximate surface area is 199 Å². The van der Waals surface area contributed by atoms with Crippen molar-refractivity contribution in [3.63, 3.8) is 0 Å².